The number of nitrogens with one attached hydrogen (secondary N) is 2. The van der Waals surface area contributed by atoms with Gasteiger partial charge in [0, 0.05) is 6.20 Å². The fourth-order valence-electron chi connectivity index (χ4n) is 3.62. The Morgan fingerprint density at radius 3 is 2.07 bits per heavy atom. The molecule has 0 radical (unpaired) electrons. The Labute approximate surface area is 239 Å². The third kappa shape index (κ3) is 8.41. The second-order valence-corrected chi connectivity index (χ2v) is 12.1. The monoisotopic (exact) mass is 633 g/mol. The molecular formula is C22H35ClF2N5O10P. The molecule has 0 bridgehead atoms. The molecule has 2 heterocycles. The van der Waals surface area contributed by atoms with Crippen LogP contribution in [-0.2, 0) is 32.9 Å². The van der Waals surface area contributed by atoms with Gasteiger partial charge in [0.2, 0.25) is 0 Å². The first-order valence-electron chi connectivity index (χ1n) is 12.4. The van der Waals surface area contributed by atoms with Crippen molar-refractivity contribution >= 4 is 37.0 Å². The molecule has 234 valence electrons. The molecule has 41 heavy (non-hydrogen) atoms. The second kappa shape index (κ2) is 13.8. The van der Waals surface area contributed by atoms with E-state index < -0.39 is 86.7 Å². The molecule has 6 atom stereocenters. The minimum atomic E-state index is -4.65. The molecule has 0 spiro atoms. The summed E-state index contributed by atoms with van der Waals surface area (Å²) in [6, 6.07) is -2.69. The van der Waals surface area contributed by atoms with Gasteiger partial charge in [-0.1, -0.05) is 11.6 Å². The van der Waals surface area contributed by atoms with E-state index in [4.69, 9.17) is 36.1 Å². The first-order valence-corrected chi connectivity index (χ1v) is 14.4. The highest BCUT2D eigenvalue weighted by atomic mass is 35.5. The molecule has 1 fully saturated rings. The maximum atomic E-state index is 14.5. The number of halogens is 3. The number of ether oxygens (including phenoxy) is 3. The first-order chi connectivity index (χ1) is 18.8. The molecule has 1 saturated heterocycles. The van der Waals surface area contributed by atoms with Crippen molar-refractivity contribution in [3.63, 3.8) is 0 Å². The number of aromatic nitrogens is 2. The maximum absolute atomic E-state index is 14.5. The van der Waals surface area contributed by atoms with Crippen LogP contribution in [0.5, 0.6) is 0 Å². The molecule has 0 saturated carbocycles. The average molecular weight is 634 g/mol. The number of alkyl halides is 2. The normalized spacial score (nSPS) is 25.8. The molecule has 6 unspecified atom stereocenters. The maximum Gasteiger partial charge on any atom is 0.351 e. The van der Waals surface area contributed by atoms with Gasteiger partial charge in [-0.3, -0.25) is 18.7 Å². The van der Waals surface area contributed by atoms with Crippen LogP contribution < -0.4 is 21.6 Å². The SMILES string of the molecule is CC(C)OC(=O)C(C)NP(=O)(NC(C)C(=O)OC(C)C)OCC1(C(F)F)OC(n2cc(Cl)c(N)nc2=O)C(O)C1O. The minimum Gasteiger partial charge on any atom is -0.462 e. The van der Waals surface area contributed by atoms with Crippen LogP contribution in [-0.4, -0.2) is 86.8 Å². The van der Waals surface area contributed by atoms with Crippen molar-refractivity contribution in [3.8, 4) is 0 Å². The number of esters is 2. The van der Waals surface area contributed by atoms with Crippen LogP contribution in [0.2, 0.25) is 5.02 Å². The highest BCUT2D eigenvalue weighted by Crippen LogP contribution is 2.46. The van der Waals surface area contributed by atoms with E-state index in [2.05, 4.69) is 15.2 Å². The van der Waals surface area contributed by atoms with Gasteiger partial charge in [-0.2, -0.15) is 4.98 Å². The summed E-state index contributed by atoms with van der Waals surface area (Å²) in [6.45, 7) is 7.35. The van der Waals surface area contributed by atoms with Crippen molar-refractivity contribution in [2.24, 2.45) is 0 Å². The van der Waals surface area contributed by atoms with Gasteiger partial charge in [0.1, 0.15) is 30.1 Å². The molecule has 1 aliphatic heterocycles. The van der Waals surface area contributed by atoms with Crippen LogP contribution in [0.4, 0.5) is 14.6 Å². The molecule has 15 nitrogen and oxygen atoms in total. The molecule has 1 aromatic rings. The number of carbonyl (C=O) groups excluding carboxylic acids is 2. The van der Waals surface area contributed by atoms with Gasteiger partial charge in [-0.05, 0) is 41.5 Å². The summed E-state index contributed by atoms with van der Waals surface area (Å²) in [6.07, 6.45) is -10.3. The third-order valence-electron chi connectivity index (χ3n) is 5.64. The van der Waals surface area contributed by atoms with Crippen molar-refractivity contribution in [1.82, 2.24) is 19.7 Å². The highest BCUT2D eigenvalue weighted by Gasteiger charge is 2.61. The van der Waals surface area contributed by atoms with E-state index >= 15 is 0 Å². The van der Waals surface area contributed by atoms with Crippen molar-refractivity contribution in [2.45, 2.75) is 96.3 Å². The largest absolute Gasteiger partial charge is 0.462 e. The van der Waals surface area contributed by atoms with Gasteiger partial charge in [-0.15, -0.1) is 0 Å². The third-order valence-corrected chi connectivity index (χ3v) is 7.88. The Balaban J connectivity index is 2.41. The zero-order valence-corrected chi connectivity index (χ0v) is 24.8. The molecular weight excluding hydrogens is 599 g/mol. The fourth-order valence-corrected chi connectivity index (χ4v) is 5.61. The Morgan fingerprint density at radius 1 is 1.15 bits per heavy atom. The first kappa shape index (κ1) is 35.0. The standard InChI is InChI=1S/C22H35ClF2N5O10P/c1-9(2)38-18(33)11(5)28-41(36,29-12(6)19(34)39-10(3)4)37-8-22(20(24)25)15(32)14(31)17(40-22)30-7-13(23)16(26)27-21(30)35/h7,9-12,14-15,17,20,31-32H,8H2,1-6H3,(H2,26,27,35)(H2,28,29,36). The van der Waals surface area contributed by atoms with Crippen LogP contribution in [0.25, 0.3) is 0 Å². The fraction of sp³-hybridized carbons (Fsp3) is 0.727. The smallest absolute Gasteiger partial charge is 0.351 e. The molecule has 1 aliphatic rings. The van der Waals surface area contributed by atoms with E-state index in [1.807, 2.05) is 0 Å². The topological polar surface area (TPSA) is 214 Å². The van der Waals surface area contributed by atoms with Crippen LogP contribution >= 0.6 is 19.3 Å². The van der Waals surface area contributed by atoms with Crippen LogP contribution in [0, 0.1) is 0 Å². The van der Waals surface area contributed by atoms with E-state index in [0.717, 1.165) is 6.20 Å². The van der Waals surface area contributed by atoms with E-state index in [0.29, 0.717) is 4.57 Å². The summed E-state index contributed by atoms with van der Waals surface area (Å²) in [4.78, 5) is 40.4. The van der Waals surface area contributed by atoms with Gasteiger partial charge in [0.05, 0.1) is 23.8 Å². The predicted octanol–water partition coefficient (Wildman–Crippen LogP) is 0.718. The molecule has 0 aromatic carbocycles. The summed E-state index contributed by atoms with van der Waals surface area (Å²) in [7, 11) is -4.65. The van der Waals surface area contributed by atoms with E-state index in [1.165, 1.54) is 13.8 Å². The van der Waals surface area contributed by atoms with Gasteiger partial charge in [0.25, 0.3) is 6.43 Å². The summed E-state index contributed by atoms with van der Waals surface area (Å²) in [5.74, 6) is -2.14. The number of nitrogen functional groups attached to an aromatic ring is 1. The number of rotatable bonds is 13. The Bertz CT molecular complexity index is 1170. The summed E-state index contributed by atoms with van der Waals surface area (Å²) in [5, 5.41) is 25.6. The van der Waals surface area contributed by atoms with E-state index in [1.54, 1.807) is 27.7 Å². The zero-order valence-electron chi connectivity index (χ0n) is 23.1. The number of aliphatic hydroxyl groups is 2. The Hall–Kier alpha value is -2.24. The molecule has 1 aromatic heterocycles. The number of anilines is 1. The Kier molecular flexibility index (Phi) is 11.8. The van der Waals surface area contributed by atoms with Gasteiger partial charge < -0.3 is 34.7 Å². The van der Waals surface area contributed by atoms with Crippen molar-refractivity contribution in [1.29, 1.82) is 0 Å². The van der Waals surface area contributed by atoms with Gasteiger partial charge in [0.15, 0.2) is 11.8 Å². The lowest BCUT2D eigenvalue weighted by molar-refractivity contribution is -0.192. The number of nitrogens with zero attached hydrogens (tertiary/aromatic N) is 2. The zero-order chi connectivity index (χ0) is 31.4. The van der Waals surface area contributed by atoms with Crippen LogP contribution in [0.3, 0.4) is 0 Å². The molecule has 2 rings (SSSR count). The predicted molar refractivity (Wildman–Crippen MR) is 140 cm³/mol. The van der Waals surface area contributed by atoms with E-state index in [-0.39, 0.29) is 10.8 Å². The average Bonchev–Trinajstić information content (AvgIpc) is 3.10. The number of nitrogens with two attached hydrogens (primary N) is 1. The lowest BCUT2D eigenvalue weighted by atomic mass is 9.96. The summed E-state index contributed by atoms with van der Waals surface area (Å²) < 4.78 is 64.0. The number of aliphatic hydroxyl groups excluding tert-OH is 2. The Morgan fingerprint density at radius 2 is 1.63 bits per heavy atom. The molecule has 19 heteroatoms. The molecule has 0 aliphatic carbocycles. The lowest BCUT2D eigenvalue weighted by Crippen LogP contribution is -2.53. The van der Waals surface area contributed by atoms with Crippen LogP contribution in [0.1, 0.15) is 47.8 Å². The van der Waals surface area contributed by atoms with Crippen molar-refractivity contribution in [3.05, 3.63) is 21.7 Å². The number of hydrogen-bond donors (Lipinski definition) is 5. The highest BCUT2D eigenvalue weighted by molar-refractivity contribution is 7.54. The second-order valence-electron chi connectivity index (χ2n) is 9.86. The van der Waals surface area contributed by atoms with E-state index in [9.17, 15) is 37.9 Å². The summed E-state index contributed by atoms with van der Waals surface area (Å²) in [5.41, 5.74) is 1.25. The van der Waals surface area contributed by atoms with Crippen LogP contribution in [0.15, 0.2) is 11.0 Å². The lowest BCUT2D eigenvalue weighted by Gasteiger charge is -2.33. The number of carbonyl (C=O) groups is 2. The number of hydrogen-bond acceptors (Lipinski definition) is 12. The molecule has 0 amide bonds. The van der Waals surface area contributed by atoms with Gasteiger partial charge in [-0.25, -0.2) is 23.7 Å². The minimum absolute atomic E-state index is 0.275. The molecule has 6 N–H and O–H groups in total. The van der Waals surface area contributed by atoms with Crippen molar-refractivity contribution < 1.29 is 51.9 Å². The quantitative estimate of drug-likeness (QED) is 0.150. The van der Waals surface area contributed by atoms with Crippen molar-refractivity contribution in [2.75, 3.05) is 12.3 Å². The summed E-state index contributed by atoms with van der Waals surface area (Å²) >= 11 is 5.86. The van der Waals surface area contributed by atoms with Gasteiger partial charge >= 0.3 is 25.3 Å².